The van der Waals surface area contributed by atoms with Crippen LogP contribution in [0.3, 0.4) is 0 Å². The van der Waals surface area contributed by atoms with Crippen molar-refractivity contribution in [2.45, 2.75) is 25.5 Å². The van der Waals surface area contributed by atoms with E-state index in [1.807, 2.05) is 30.3 Å². The minimum absolute atomic E-state index is 0.0206. The summed E-state index contributed by atoms with van der Waals surface area (Å²) in [7, 11) is 1.63. The van der Waals surface area contributed by atoms with Crippen molar-refractivity contribution in [3.63, 3.8) is 0 Å². The maximum absolute atomic E-state index is 12.5. The Morgan fingerprint density at radius 2 is 2.19 bits per heavy atom. The van der Waals surface area contributed by atoms with Gasteiger partial charge in [0, 0.05) is 20.1 Å². The van der Waals surface area contributed by atoms with Crippen LogP contribution in [0.2, 0.25) is 0 Å². The lowest BCUT2D eigenvalue weighted by Crippen LogP contribution is -2.36. The van der Waals surface area contributed by atoms with Crippen molar-refractivity contribution in [3.8, 4) is 0 Å². The van der Waals surface area contributed by atoms with Crippen LogP contribution in [0, 0.1) is 0 Å². The number of nitrogens with two attached hydrogens (primary N) is 1. The number of benzene rings is 1. The van der Waals surface area contributed by atoms with Gasteiger partial charge in [-0.25, -0.2) is 4.98 Å². The third-order valence-electron chi connectivity index (χ3n) is 4.44. The van der Waals surface area contributed by atoms with E-state index in [2.05, 4.69) is 15.2 Å². The molecule has 140 valence electrons. The van der Waals surface area contributed by atoms with Gasteiger partial charge in [0.1, 0.15) is 16.5 Å². The van der Waals surface area contributed by atoms with Crippen LogP contribution in [-0.4, -0.2) is 39.6 Å². The number of carbonyl (C=O) groups is 1. The Morgan fingerprint density at radius 3 is 2.89 bits per heavy atom. The van der Waals surface area contributed by atoms with E-state index in [-0.39, 0.29) is 18.4 Å². The molecule has 1 aliphatic heterocycles. The zero-order valence-corrected chi connectivity index (χ0v) is 15.6. The molecule has 3 aromatic rings. The maximum atomic E-state index is 12.5. The first-order valence-corrected chi connectivity index (χ1v) is 9.37. The van der Waals surface area contributed by atoms with Crippen LogP contribution < -0.4 is 5.73 Å². The van der Waals surface area contributed by atoms with Gasteiger partial charge in [-0.15, -0.1) is 10.2 Å². The second kappa shape index (κ2) is 7.45. The monoisotopic (exact) mass is 385 g/mol. The molecule has 9 heteroatoms. The van der Waals surface area contributed by atoms with Crippen molar-refractivity contribution in [1.29, 1.82) is 0 Å². The number of amides is 1. The molecule has 0 spiro atoms. The van der Waals surface area contributed by atoms with Crippen molar-refractivity contribution in [1.82, 2.24) is 20.1 Å². The first kappa shape index (κ1) is 17.6. The second-order valence-corrected chi connectivity index (χ2v) is 7.32. The van der Waals surface area contributed by atoms with Gasteiger partial charge in [0.2, 0.25) is 16.9 Å². The summed E-state index contributed by atoms with van der Waals surface area (Å²) in [6, 6.07) is 9.80. The van der Waals surface area contributed by atoms with Crippen LogP contribution in [-0.2, 0) is 28.9 Å². The summed E-state index contributed by atoms with van der Waals surface area (Å²) in [6.07, 6.45) is 0.447. The van der Waals surface area contributed by atoms with Gasteiger partial charge in [-0.2, -0.15) is 0 Å². The van der Waals surface area contributed by atoms with E-state index < -0.39 is 0 Å². The summed E-state index contributed by atoms with van der Waals surface area (Å²) in [6.45, 7) is 0.995. The number of nitrogens with zero attached hydrogens (tertiary/aromatic N) is 4. The number of hydrogen-bond donors (Lipinski definition) is 1. The summed E-state index contributed by atoms with van der Waals surface area (Å²) < 4.78 is 11.5. The average Bonchev–Trinajstić information content (AvgIpc) is 3.28. The number of oxazole rings is 1. The van der Waals surface area contributed by atoms with E-state index in [4.69, 9.17) is 14.9 Å². The molecule has 1 unspecified atom stereocenters. The molecule has 4 rings (SSSR count). The molecule has 0 bridgehead atoms. The predicted octanol–water partition coefficient (Wildman–Crippen LogP) is 1.97. The highest BCUT2D eigenvalue weighted by molar-refractivity contribution is 7.15. The molecule has 27 heavy (non-hydrogen) atoms. The maximum Gasteiger partial charge on any atom is 0.229 e. The molecular formula is C18H19N5O3S. The van der Waals surface area contributed by atoms with Crippen molar-refractivity contribution in [2.75, 3.05) is 19.4 Å². The molecule has 0 aliphatic carbocycles. The topological polar surface area (TPSA) is 107 Å². The summed E-state index contributed by atoms with van der Waals surface area (Å²) in [5.41, 5.74) is 7.32. The highest BCUT2D eigenvalue weighted by Crippen LogP contribution is 2.29. The number of aromatic nitrogens is 3. The normalized spacial score (nSPS) is 14.8. The highest BCUT2D eigenvalue weighted by atomic mass is 32.1. The molecule has 0 radical (unpaired) electrons. The predicted molar refractivity (Wildman–Crippen MR) is 98.9 cm³/mol. The molecule has 1 aliphatic rings. The van der Waals surface area contributed by atoms with Gasteiger partial charge in [-0.05, 0) is 5.56 Å². The molecule has 2 N–H and O–H groups in total. The van der Waals surface area contributed by atoms with Crippen LogP contribution >= 0.6 is 11.3 Å². The zero-order valence-electron chi connectivity index (χ0n) is 14.8. The third kappa shape index (κ3) is 3.69. The molecule has 0 saturated carbocycles. The largest absolute Gasteiger partial charge is 0.442 e. The lowest BCUT2D eigenvalue weighted by molar-refractivity contribution is -0.131. The molecule has 2 aromatic heterocycles. The van der Waals surface area contributed by atoms with Crippen molar-refractivity contribution in [3.05, 3.63) is 58.2 Å². The number of hydrogen-bond acceptors (Lipinski definition) is 8. The van der Waals surface area contributed by atoms with E-state index in [9.17, 15) is 4.79 Å². The first-order valence-electron chi connectivity index (χ1n) is 8.56. The Balaban J connectivity index is 1.49. The standard InChI is InChI=1S/C18H19N5O3S/c1-25-16(11-5-3-2-4-6-11)17-20-12-10-23(8-7-13(12)26-17)15(24)9-14-21-22-18(19)27-14/h2-6,16H,7-10H2,1H3,(H2,19,22). The number of nitrogen functional groups attached to an aromatic ring is 1. The molecule has 1 atom stereocenters. The lowest BCUT2D eigenvalue weighted by Gasteiger charge is -2.24. The van der Waals surface area contributed by atoms with Gasteiger partial charge in [-0.1, -0.05) is 41.7 Å². The van der Waals surface area contributed by atoms with E-state index in [1.54, 1.807) is 12.0 Å². The molecule has 1 amide bonds. The molecular weight excluding hydrogens is 366 g/mol. The first-order chi connectivity index (χ1) is 13.1. The minimum Gasteiger partial charge on any atom is -0.442 e. The van der Waals surface area contributed by atoms with E-state index in [1.165, 1.54) is 11.3 Å². The smallest absolute Gasteiger partial charge is 0.229 e. The van der Waals surface area contributed by atoms with Crippen LogP contribution in [0.1, 0.15) is 34.0 Å². The van der Waals surface area contributed by atoms with Gasteiger partial charge in [0.05, 0.1) is 13.0 Å². The summed E-state index contributed by atoms with van der Waals surface area (Å²) >= 11 is 1.23. The van der Waals surface area contributed by atoms with Crippen molar-refractivity contribution >= 4 is 22.4 Å². The lowest BCUT2D eigenvalue weighted by atomic mass is 10.1. The number of ether oxygens (including phenoxy) is 1. The number of methoxy groups -OCH3 is 1. The van der Waals surface area contributed by atoms with E-state index >= 15 is 0 Å². The minimum atomic E-state index is -0.370. The van der Waals surface area contributed by atoms with Crippen LogP contribution in [0.5, 0.6) is 0 Å². The molecule has 1 aromatic carbocycles. The second-order valence-electron chi connectivity index (χ2n) is 6.22. The van der Waals surface area contributed by atoms with Crippen LogP contribution in [0.15, 0.2) is 34.7 Å². The van der Waals surface area contributed by atoms with Gasteiger partial charge in [-0.3, -0.25) is 4.79 Å². The van der Waals surface area contributed by atoms with Crippen LogP contribution in [0.25, 0.3) is 0 Å². The fourth-order valence-electron chi connectivity index (χ4n) is 3.13. The molecule has 0 fully saturated rings. The Kier molecular flexibility index (Phi) is 4.87. The Labute approximate surface area is 160 Å². The Hall–Kier alpha value is -2.78. The fraction of sp³-hybridized carbons (Fsp3) is 0.333. The SMILES string of the molecule is COC(c1ccccc1)c1nc2c(o1)CCN(C(=O)Cc1nnc(N)s1)C2. The Morgan fingerprint density at radius 1 is 1.37 bits per heavy atom. The number of carbonyl (C=O) groups excluding carboxylic acids is 1. The third-order valence-corrected chi connectivity index (χ3v) is 5.20. The number of fused-ring (bicyclic) bond motifs is 1. The molecule has 3 heterocycles. The van der Waals surface area contributed by atoms with Gasteiger partial charge >= 0.3 is 0 Å². The van der Waals surface area contributed by atoms with Gasteiger partial charge < -0.3 is 19.8 Å². The van der Waals surface area contributed by atoms with Crippen LogP contribution in [0.4, 0.5) is 5.13 Å². The summed E-state index contributed by atoms with van der Waals surface area (Å²) in [5.74, 6) is 1.31. The quantitative estimate of drug-likeness (QED) is 0.715. The van der Waals surface area contributed by atoms with Gasteiger partial charge in [0.15, 0.2) is 6.10 Å². The van der Waals surface area contributed by atoms with Crippen molar-refractivity contribution < 1.29 is 13.9 Å². The van der Waals surface area contributed by atoms with E-state index in [0.717, 1.165) is 17.0 Å². The molecule has 0 saturated heterocycles. The fourth-order valence-corrected chi connectivity index (χ4v) is 3.73. The van der Waals surface area contributed by atoms with Crippen molar-refractivity contribution in [2.24, 2.45) is 0 Å². The van der Waals surface area contributed by atoms with Gasteiger partial charge in [0.25, 0.3) is 0 Å². The Bertz CT molecular complexity index is 940. The zero-order chi connectivity index (χ0) is 18.8. The highest BCUT2D eigenvalue weighted by Gasteiger charge is 2.28. The number of anilines is 1. The van der Waals surface area contributed by atoms with E-state index in [0.29, 0.717) is 35.5 Å². The molecule has 8 nitrogen and oxygen atoms in total. The summed E-state index contributed by atoms with van der Waals surface area (Å²) in [5, 5.41) is 8.64. The number of rotatable bonds is 5. The summed E-state index contributed by atoms with van der Waals surface area (Å²) in [4.78, 5) is 18.9. The average molecular weight is 385 g/mol.